The van der Waals surface area contributed by atoms with Gasteiger partial charge in [-0.1, -0.05) is 54.1 Å². The van der Waals surface area contributed by atoms with Crippen molar-refractivity contribution >= 4 is 23.7 Å². The van der Waals surface area contributed by atoms with Crippen molar-refractivity contribution in [3.8, 4) is 22.6 Å². The molecule has 0 saturated heterocycles. The molecule has 0 fully saturated rings. The lowest BCUT2D eigenvalue weighted by Gasteiger charge is -2.16. The fourth-order valence-electron chi connectivity index (χ4n) is 3.84. The normalized spacial score (nSPS) is 11.0. The first-order chi connectivity index (χ1) is 18.4. The number of aromatic hydroxyl groups is 1. The van der Waals surface area contributed by atoms with Gasteiger partial charge in [-0.3, -0.25) is 4.79 Å². The van der Waals surface area contributed by atoms with Crippen LogP contribution in [0.1, 0.15) is 27.0 Å². The maximum absolute atomic E-state index is 13.1. The van der Waals surface area contributed by atoms with Gasteiger partial charge in [0, 0.05) is 24.2 Å². The molecule has 4 aromatic carbocycles. The minimum absolute atomic E-state index is 0.0889. The van der Waals surface area contributed by atoms with Crippen molar-refractivity contribution in [2.45, 2.75) is 13.5 Å². The minimum atomic E-state index is -0.448. The second kappa shape index (κ2) is 12.9. The van der Waals surface area contributed by atoms with Crippen LogP contribution in [0.25, 0.3) is 11.1 Å². The fourth-order valence-corrected chi connectivity index (χ4v) is 4.02. The van der Waals surface area contributed by atoms with Crippen LogP contribution in [0.15, 0.2) is 90.0 Å². The smallest absolute Gasteiger partial charge is 0.271 e. The summed E-state index contributed by atoms with van der Waals surface area (Å²) in [6.07, 6.45) is 1.56. The van der Waals surface area contributed by atoms with E-state index >= 15 is 0 Å². The van der Waals surface area contributed by atoms with Crippen molar-refractivity contribution < 1.29 is 19.0 Å². The number of benzene rings is 4. The molecule has 0 saturated carbocycles. The molecule has 4 rings (SSSR count). The second-order valence-corrected chi connectivity index (χ2v) is 9.00. The Bertz CT molecular complexity index is 1430. The summed E-state index contributed by atoms with van der Waals surface area (Å²) in [6, 6.07) is 24.4. The van der Waals surface area contributed by atoms with E-state index in [1.54, 1.807) is 18.3 Å². The van der Waals surface area contributed by atoms with E-state index in [2.05, 4.69) is 15.8 Å². The first-order valence-electron chi connectivity index (χ1n) is 12.0. The Morgan fingerprint density at radius 3 is 2.55 bits per heavy atom. The lowest BCUT2D eigenvalue weighted by molar-refractivity contribution is 0.0955. The monoisotopic (exact) mass is 531 g/mol. The molecular formula is C30H27ClFN3O3. The maximum atomic E-state index is 13.1. The van der Waals surface area contributed by atoms with E-state index in [1.807, 2.05) is 49.4 Å². The molecule has 0 spiro atoms. The standard InChI is InChI=1S/C30H27ClFN3O3/c1-20-15-22(19-34-35-30(37)24-9-12-28(36)27(31)17-24)16-26(23-5-3-2-4-6-23)29(20)38-14-13-33-18-21-7-10-25(32)11-8-21/h2-12,15-17,19,33,36H,13-14,18H2,1H3,(H,35,37)/b34-19-. The van der Waals surface area contributed by atoms with Gasteiger partial charge < -0.3 is 15.2 Å². The molecule has 0 unspecified atom stereocenters. The van der Waals surface area contributed by atoms with Gasteiger partial charge in [-0.05, 0) is 71.6 Å². The van der Waals surface area contributed by atoms with Gasteiger partial charge in [0.25, 0.3) is 5.91 Å². The molecule has 4 aromatic rings. The number of halogens is 2. The Labute approximate surface area is 225 Å². The largest absolute Gasteiger partial charge is 0.506 e. The third-order valence-electron chi connectivity index (χ3n) is 5.74. The maximum Gasteiger partial charge on any atom is 0.271 e. The molecule has 6 nitrogen and oxygen atoms in total. The second-order valence-electron chi connectivity index (χ2n) is 8.60. The average molecular weight is 532 g/mol. The van der Waals surface area contributed by atoms with Crippen LogP contribution in [0, 0.1) is 12.7 Å². The van der Waals surface area contributed by atoms with Gasteiger partial charge in [0.1, 0.15) is 23.9 Å². The Balaban J connectivity index is 1.44. The van der Waals surface area contributed by atoms with Gasteiger partial charge in [-0.2, -0.15) is 5.10 Å². The number of carbonyl (C=O) groups is 1. The molecule has 0 aliphatic rings. The fraction of sp³-hybridized carbons (Fsp3) is 0.133. The van der Waals surface area contributed by atoms with Gasteiger partial charge in [0.2, 0.25) is 0 Å². The van der Waals surface area contributed by atoms with Crippen molar-refractivity contribution in [3.05, 3.63) is 118 Å². The number of ether oxygens (including phenoxy) is 1. The summed E-state index contributed by atoms with van der Waals surface area (Å²) in [7, 11) is 0. The van der Waals surface area contributed by atoms with Crippen LogP contribution in [0.3, 0.4) is 0 Å². The van der Waals surface area contributed by atoms with Crippen LogP contribution in [0.4, 0.5) is 4.39 Å². The average Bonchev–Trinajstić information content (AvgIpc) is 2.92. The Kier molecular flexibility index (Phi) is 9.08. The predicted octanol–water partition coefficient (Wildman–Crippen LogP) is 6.09. The van der Waals surface area contributed by atoms with E-state index in [0.29, 0.717) is 19.7 Å². The molecule has 1 amide bonds. The topological polar surface area (TPSA) is 83.0 Å². The SMILES string of the molecule is Cc1cc(/C=N\NC(=O)c2ccc(O)c(Cl)c2)cc(-c2ccccc2)c1OCCNCc1ccc(F)cc1. The van der Waals surface area contributed by atoms with Crippen molar-refractivity contribution in [2.24, 2.45) is 5.10 Å². The number of nitrogens with one attached hydrogen (secondary N) is 2. The van der Waals surface area contributed by atoms with E-state index in [0.717, 1.165) is 33.6 Å². The summed E-state index contributed by atoms with van der Waals surface area (Å²) in [5, 5.41) is 17.0. The van der Waals surface area contributed by atoms with E-state index in [-0.39, 0.29) is 22.2 Å². The highest BCUT2D eigenvalue weighted by Gasteiger charge is 2.12. The van der Waals surface area contributed by atoms with Gasteiger partial charge in [-0.15, -0.1) is 0 Å². The molecular weight excluding hydrogens is 505 g/mol. The minimum Gasteiger partial charge on any atom is -0.506 e. The molecule has 0 aromatic heterocycles. The number of carbonyl (C=O) groups excluding carboxylic acids is 1. The van der Waals surface area contributed by atoms with Gasteiger partial charge >= 0.3 is 0 Å². The van der Waals surface area contributed by atoms with Crippen LogP contribution in [0.5, 0.6) is 11.5 Å². The number of hydrogen-bond acceptors (Lipinski definition) is 5. The number of phenols is 1. The van der Waals surface area contributed by atoms with Crippen LogP contribution >= 0.6 is 11.6 Å². The number of phenolic OH excluding ortho intramolecular Hbond substituents is 1. The van der Waals surface area contributed by atoms with Gasteiger partial charge in [-0.25, -0.2) is 9.82 Å². The molecule has 38 heavy (non-hydrogen) atoms. The van der Waals surface area contributed by atoms with Crippen molar-refractivity contribution in [3.63, 3.8) is 0 Å². The van der Waals surface area contributed by atoms with Crippen molar-refractivity contribution in [1.29, 1.82) is 0 Å². The zero-order chi connectivity index (χ0) is 26.9. The Morgan fingerprint density at radius 2 is 1.82 bits per heavy atom. The summed E-state index contributed by atoms with van der Waals surface area (Å²) in [5.41, 5.74) is 7.36. The summed E-state index contributed by atoms with van der Waals surface area (Å²) in [4.78, 5) is 12.4. The van der Waals surface area contributed by atoms with Crippen LogP contribution in [0.2, 0.25) is 5.02 Å². The number of hydrogen-bond donors (Lipinski definition) is 3. The highest BCUT2D eigenvalue weighted by Crippen LogP contribution is 2.34. The van der Waals surface area contributed by atoms with Crippen LogP contribution in [-0.2, 0) is 6.54 Å². The Hall–Kier alpha value is -4.20. The number of hydrazone groups is 1. The summed E-state index contributed by atoms with van der Waals surface area (Å²) >= 11 is 5.89. The highest BCUT2D eigenvalue weighted by molar-refractivity contribution is 6.32. The highest BCUT2D eigenvalue weighted by atomic mass is 35.5. The van der Waals surface area contributed by atoms with Gasteiger partial charge in [0.05, 0.1) is 11.2 Å². The summed E-state index contributed by atoms with van der Waals surface area (Å²) in [6.45, 7) is 3.63. The zero-order valence-electron chi connectivity index (χ0n) is 20.7. The lowest BCUT2D eigenvalue weighted by Crippen LogP contribution is -2.21. The number of rotatable bonds is 10. The molecule has 8 heteroatoms. The van der Waals surface area contributed by atoms with Crippen LogP contribution < -0.4 is 15.5 Å². The third kappa shape index (κ3) is 7.18. The molecule has 0 atom stereocenters. The molecule has 3 N–H and O–H groups in total. The number of aryl methyl sites for hydroxylation is 1. The molecule has 0 aliphatic carbocycles. The van der Waals surface area contributed by atoms with E-state index in [4.69, 9.17) is 16.3 Å². The lowest BCUT2D eigenvalue weighted by atomic mass is 9.99. The Morgan fingerprint density at radius 1 is 1.05 bits per heavy atom. The molecule has 0 aliphatic heterocycles. The molecule has 0 bridgehead atoms. The number of amides is 1. The molecule has 0 radical (unpaired) electrons. The van der Waals surface area contributed by atoms with Crippen molar-refractivity contribution in [1.82, 2.24) is 10.7 Å². The first-order valence-corrected chi connectivity index (χ1v) is 12.4. The van der Waals surface area contributed by atoms with E-state index in [1.165, 1.54) is 30.3 Å². The quantitative estimate of drug-likeness (QED) is 0.131. The zero-order valence-corrected chi connectivity index (χ0v) is 21.5. The molecule has 0 heterocycles. The third-order valence-corrected chi connectivity index (χ3v) is 6.04. The van der Waals surface area contributed by atoms with E-state index in [9.17, 15) is 14.3 Å². The van der Waals surface area contributed by atoms with Gasteiger partial charge in [0.15, 0.2) is 0 Å². The summed E-state index contributed by atoms with van der Waals surface area (Å²) in [5.74, 6) is -0.0309. The first kappa shape index (κ1) is 26.9. The van der Waals surface area contributed by atoms with Crippen molar-refractivity contribution in [2.75, 3.05) is 13.2 Å². The van der Waals surface area contributed by atoms with E-state index < -0.39 is 5.91 Å². The number of nitrogens with zero attached hydrogens (tertiary/aromatic N) is 1. The molecule has 194 valence electrons. The van der Waals surface area contributed by atoms with Crippen LogP contribution in [-0.4, -0.2) is 30.4 Å². The predicted molar refractivity (Wildman–Crippen MR) is 148 cm³/mol. The summed E-state index contributed by atoms with van der Waals surface area (Å²) < 4.78 is 19.3.